The molecule has 2 unspecified atom stereocenters. The van der Waals surface area contributed by atoms with E-state index in [1.807, 2.05) is 4.90 Å². The number of hydrogen-bond acceptors (Lipinski definition) is 4. The lowest BCUT2D eigenvalue weighted by Crippen LogP contribution is -2.34. The first-order valence-electron chi connectivity index (χ1n) is 7.86. The number of β-amino-alcohol motifs (C(OH)–C–C–N with tert-alkyl or cyclic N) is 1. The van der Waals surface area contributed by atoms with Gasteiger partial charge in [0.2, 0.25) is 0 Å². The molecule has 2 atom stereocenters. The van der Waals surface area contributed by atoms with Gasteiger partial charge in [0.05, 0.1) is 11.8 Å². The molecule has 0 aromatic heterocycles. The van der Waals surface area contributed by atoms with E-state index < -0.39 is 6.10 Å². The van der Waals surface area contributed by atoms with Crippen LogP contribution in [0.1, 0.15) is 23.2 Å². The highest BCUT2D eigenvalue weighted by Crippen LogP contribution is 2.24. The number of benzene rings is 1. The Hall–Kier alpha value is -1.66. The van der Waals surface area contributed by atoms with Crippen molar-refractivity contribution in [1.29, 1.82) is 0 Å². The highest BCUT2D eigenvalue weighted by molar-refractivity contribution is 5.94. The van der Waals surface area contributed by atoms with E-state index in [0.717, 1.165) is 25.9 Å². The molecule has 0 saturated carbocycles. The number of anilines is 1. The minimum atomic E-state index is -0.436. The van der Waals surface area contributed by atoms with Crippen molar-refractivity contribution < 1.29 is 14.3 Å². The zero-order valence-electron chi connectivity index (χ0n) is 12.5. The number of nitrogens with zero attached hydrogens (tertiary/aromatic N) is 1. The van der Waals surface area contributed by atoms with Crippen molar-refractivity contribution in [1.82, 2.24) is 10.6 Å². The summed E-state index contributed by atoms with van der Waals surface area (Å²) < 4.78 is 14.2. The maximum Gasteiger partial charge on any atom is 0.251 e. The number of hydrogen-bond donors (Lipinski definition) is 3. The van der Waals surface area contributed by atoms with E-state index in [0.29, 0.717) is 30.9 Å². The predicted molar refractivity (Wildman–Crippen MR) is 82.5 cm³/mol. The molecule has 1 aromatic carbocycles. The summed E-state index contributed by atoms with van der Waals surface area (Å²) in [4.78, 5) is 14.1. The Morgan fingerprint density at radius 3 is 2.77 bits per heavy atom. The summed E-state index contributed by atoms with van der Waals surface area (Å²) >= 11 is 0. The van der Waals surface area contributed by atoms with Crippen LogP contribution in [-0.4, -0.2) is 49.8 Å². The van der Waals surface area contributed by atoms with Crippen LogP contribution >= 0.6 is 0 Å². The standard InChI is InChI=1S/C16H22FN3O2/c17-13-7-11(3-4-14(13)20-5-1-2-6-20)16(22)19-9-12-8-18-10-15(12)21/h3-4,7,12,15,18,21H,1-2,5-6,8-10H2,(H,19,22). The second-order valence-electron chi connectivity index (χ2n) is 6.06. The number of aliphatic hydroxyl groups excluding tert-OH is 1. The molecule has 2 aliphatic rings. The topological polar surface area (TPSA) is 64.6 Å². The van der Waals surface area contributed by atoms with Gasteiger partial charge < -0.3 is 20.6 Å². The van der Waals surface area contributed by atoms with Gasteiger partial charge in [-0.05, 0) is 31.0 Å². The van der Waals surface area contributed by atoms with Crippen LogP contribution in [0.15, 0.2) is 18.2 Å². The van der Waals surface area contributed by atoms with E-state index in [9.17, 15) is 14.3 Å². The van der Waals surface area contributed by atoms with Gasteiger partial charge in [0.1, 0.15) is 5.82 Å². The Balaban J connectivity index is 1.61. The Morgan fingerprint density at radius 1 is 1.36 bits per heavy atom. The SMILES string of the molecule is O=C(NCC1CNCC1O)c1ccc(N2CCCC2)c(F)c1. The lowest BCUT2D eigenvalue weighted by Gasteiger charge is -2.19. The third-order valence-corrected chi connectivity index (χ3v) is 4.49. The van der Waals surface area contributed by atoms with E-state index in [2.05, 4.69) is 10.6 Å². The minimum Gasteiger partial charge on any atom is -0.391 e. The summed E-state index contributed by atoms with van der Waals surface area (Å²) in [5, 5.41) is 15.5. The van der Waals surface area contributed by atoms with Crippen LogP contribution in [0.2, 0.25) is 0 Å². The highest BCUT2D eigenvalue weighted by atomic mass is 19.1. The molecule has 1 aromatic rings. The Labute approximate surface area is 129 Å². The lowest BCUT2D eigenvalue weighted by atomic mass is 10.1. The molecule has 0 spiro atoms. The number of carbonyl (C=O) groups is 1. The largest absolute Gasteiger partial charge is 0.391 e. The fourth-order valence-corrected chi connectivity index (χ4v) is 3.12. The van der Waals surface area contributed by atoms with Crippen molar-refractivity contribution in [3.63, 3.8) is 0 Å². The van der Waals surface area contributed by atoms with Gasteiger partial charge in [-0.15, -0.1) is 0 Å². The Kier molecular flexibility index (Phi) is 4.59. The monoisotopic (exact) mass is 307 g/mol. The maximum atomic E-state index is 14.2. The van der Waals surface area contributed by atoms with Gasteiger partial charge in [-0.3, -0.25) is 4.79 Å². The number of amides is 1. The molecule has 1 amide bonds. The molecular weight excluding hydrogens is 285 g/mol. The average molecular weight is 307 g/mol. The molecule has 2 heterocycles. The first-order valence-corrected chi connectivity index (χ1v) is 7.86. The van der Waals surface area contributed by atoms with Crippen molar-refractivity contribution in [2.45, 2.75) is 18.9 Å². The van der Waals surface area contributed by atoms with Crippen molar-refractivity contribution in [3.05, 3.63) is 29.6 Å². The number of halogens is 1. The minimum absolute atomic E-state index is 0.0117. The molecule has 22 heavy (non-hydrogen) atoms. The zero-order valence-corrected chi connectivity index (χ0v) is 12.5. The van der Waals surface area contributed by atoms with Crippen LogP contribution in [-0.2, 0) is 0 Å². The van der Waals surface area contributed by atoms with Crippen LogP contribution in [0, 0.1) is 11.7 Å². The molecule has 2 saturated heterocycles. The maximum absolute atomic E-state index is 14.2. The van der Waals surface area contributed by atoms with Crippen molar-refractivity contribution in [3.8, 4) is 0 Å². The van der Waals surface area contributed by atoms with Gasteiger partial charge in [-0.25, -0.2) is 4.39 Å². The van der Waals surface area contributed by atoms with Crippen molar-refractivity contribution in [2.75, 3.05) is 37.6 Å². The molecule has 5 nitrogen and oxygen atoms in total. The Bertz CT molecular complexity index is 546. The predicted octanol–water partition coefficient (Wildman–Crippen LogP) is 0.736. The molecule has 3 N–H and O–H groups in total. The van der Waals surface area contributed by atoms with Crippen LogP contribution in [0.4, 0.5) is 10.1 Å². The van der Waals surface area contributed by atoms with E-state index in [-0.39, 0.29) is 17.6 Å². The molecule has 120 valence electrons. The van der Waals surface area contributed by atoms with Crippen LogP contribution in [0.3, 0.4) is 0 Å². The number of rotatable bonds is 4. The van der Waals surface area contributed by atoms with Crippen LogP contribution in [0.5, 0.6) is 0 Å². The fraction of sp³-hybridized carbons (Fsp3) is 0.562. The van der Waals surface area contributed by atoms with Gasteiger partial charge >= 0.3 is 0 Å². The quantitative estimate of drug-likeness (QED) is 0.767. The Morgan fingerprint density at radius 2 is 2.14 bits per heavy atom. The molecule has 0 aliphatic carbocycles. The van der Waals surface area contributed by atoms with Gasteiger partial charge in [0, 0.05) is 44.2 Å². The van der Waals surface area contributed by atoms with E-state index in [1.54, 1.807) is 12.1 Å². The van der Waals surface area contributed by atoms with E-state index in [1.165, 1.54) is 6.07 Å². The lowest BCUT2D eigenvalue weighted by molar-refractivity contribution is 0.0926. The molecule has 6 heteroatoms. The summed E-state index contributed by atoms with van der Waals surface area (Å²) in [6.07, 6.45) is 1.73. The first kappa shape index (κ1) is 15.2. The number of aliphatic hydroxyl groups is 1. The van der Waals surface area contributed by atoms with Crippen LogP contribution in [0.25, 0.3) is 0 Å². The smallest absolute Gasteiger partial charge is 0.251 e. The molecule has 2 fully saturated rings. The zero-order chi connectivity index (χ0) is 15.5. The summed E-state index contributed by atoms with van der Waals surface area (Å²) in [6.45, 7) is 3.37. The summed E-state index contributed by atoms with van der Waals surface area (Å²) in [5.74, 6) is -0.638. The van der Waals surface area contributed by atoms with Gasteiger partial charge in [0.15, 0.2) is 0 Å². The normalized spacial score (nSPS) is 24.7. The third kappa shape index (κ3) is 3.23. The van der Waals surface area contributed by atoms with E-state index >= 15 is 0 Å². The second-order valence-corrected chi connectivity index (χ2v) is 6.06. The number of carbonyl (C=O) groups excluding carboxylic acids is 1. The molecule has 0 bridgehead atoms. The van der Waals surface area contributed by atoms with Crippen molar-refractivity contribution >= 4 is 11.6 Å². The summed E-state index contributed by atoms with van der Waals surface area (Å²) in [7, 11) is 0. The second kappa shape index (κ2) is 6.62. The highest BCUT2D eigenvalue weighted by Gasteiger charge is 2.25. The van der Waals surface area contributed by atoms with E-state index in [4.69, 9.17) is 0 Å². The molecule has 0 radical (unpaired) electrons. The molecule has 2 aliphatic heterocycles. The molecule has 3 rings (SSSR count). The van der Waals surface area contributed by atoms with Gasteiger partial charge in [-0.1, -0.05) is 0 Å². The number of nitrogens with one attached hydrogen (secondary N) is 2. The summed E-state index contributed by atoms with van der Waals surface area (Å²) in [6, 6.07) is 4.64. The average Bonchev–Trinajstić information content (AvgIpc) is 3.16. The summed E-state index contributed by atoms with van der Waals surface area (Å²) in [5.41, 5.74) is 0.894. The first-order chi connectivity index (χ1) is 10.6. The van der Waals surface area contributed by atoms with Crippen molar-refractivity contribution in [2.24, 2.45) is 5.92 Å². The van der Waals surface area contributed by atoms with Crippen LogP contribution < -0.4 is 15.5 Å². The van der Waals surface area contributed by atoms with Gasteiger partial charge in [0.25, 0.3) is 5.91 Å². The van der Waals surface area contributed by atoms with Gasteiger partial charge in [-0.2, -0.15) is 0 Å². The fourth-order valence-electron chi connectivity index (χ4n) is 3.12. The molecular formula is C16H22FN3O2. The third-order valence-electron chi connectivity index (χ3n) is 4.49.